The van der Waals surface area contributed by atoms with Gasteiger partial charge >= 0.3 is 5.97 Å². The number of nitrogens with zero attached hydrogens (tertiary/aromatic N) is 6. The highest BCUT2D eigenvalue weighted by molar-refractivity contribution is 6.31. The summed E-state index contributed by atoms with van der Waals surface area (Å²) in [6.45, 7) is 0. The molecule has 1 unspecified atom stereocenters. The summed E-state index contributed by atoms with van der Waals surface area (Å²) in [5, 5.41) is 14.6. The molecule has 5 aromatic rings. The lowest BCUT2D eigenvalue weighted by Gasteiger charge is -2.15. The third kappa shape index (κ3) is 5.24. The Bertz CT molecular complexity index is 1810. The maximum Gasteiger partial charge on any atom is 0.315 e. The number of aromatic amines is 1. The molecule has 0 radical (unpaired) electrons. The van der Waals surface area contributed by atoms with Gasteiger partial charge in [-0.2, -0.15) is 4.68 Å². The Kier molecular flexibility index (Phi) is 6.89. The van der Waals surface area contributed by atoms with Crippen molar-refractivity contribution in [3.05, 3.63) is 94.0 Å². The average Bonchev–Trinajstić information content (AvgIpc) is 3.74. The first-order valence-corrected chi connectivity index (χ1v) is 13.1. The summed E-state index contributed by atoms with van der Waals surface area (Å²) in [6, 6.07) is 15.9. The predicted molar refractivity (Wildman–Crippen MR) is 150 cm³/mol. The van der Waals surface area contributed by atoms with Crippen LogP contribution >= 0.6 is 11.6 Å². The number of carbonyl (C=O) groups excluding carboxylic acids is 2. The summed E-state index contributed by atoms with van der Waals surface area (Å²) in [5.74, 6) is -0.378. The third-order valence-corrected chi connectivity index (χ3v) is 7.16. The van der Waals surface area contributed by atoms with Crippen LogP contribution < -0.4 is 10.9 Å². The fourth-order valence-corrected chi connectivity index (χ4v) is 5.19. The van der Waals surface area contributed by atoms with Crippen LogP contribution in [0.4, 0.5) is 5.69 Å². The zero-order valence-corrected chi connectivity index (χ0v) is 22.5. The molecule has 0 saturated heterocycles. The molecule has 0 spiro atoms. The number of nitrogens with one attached hydrogen (secondary N) is 2. The fourth-order valence-electron chi connectivity index (χ4n) is 5.01. The number of fused-ring (bicyclic) bond motifs is 1. The van der Waals surface area contributed by atoms with E-state index in [9.17, 15) is 14.4 Å². The monoisotopic (exact) mass is 570 g/mol. The topological polar surface area (TPSA) is 150 Å². The number of halogens is 1. The number of tetrazole rings is 1. The van der Waals surface area contributed by atoms with Gasteiger partial charge in [-0.15, -0.1) is 5.10 Å². The second kappa shape index (κ2) is 10.8. The molecular formula is C28H23ClN8O4. The maximum absolute atomic E-state index is 13.4. The van der Waals surface area contributed by atoms with Gasteiger partial charge in [0.15, 0.2) is 0 Å². The van der Waals surface area contributed by atoms with E-state index in [1.807, 2.05) is 24.3 Å². The lowest BCUT2D eigenvalue weighted by molar-refractivity contribution is -0.142. The highest BCUT2D eigenvalue weighted by Crippen LogP contribution is 2.34. The van der Waals surface area contributed by atoms with Crippen LogP contribution in [0, 0.1) is 0 Å². The fraction of sp³-hybridized carbons (Fsp3) is 0.179. The Morgan fingerprint density at radius 1 is 1.12 bits per heavy atom. The van der Waals surface area contributed by atoms with Gasteiger partial charge in [0.1, 0.15) is 18.6 Å². The molecule has 41 heavy (non-hydrogen) atoms. The van der Waals surface area contributed by atoms with Gasteiger partial charge in [0.25, 0.3) is 5.56 Å². The number of methoxy groups -OCH3 is 1. The summed E-state index contributed by atoms with van der Waals surface area (Å²) in [6.07, 6.45) is 4.27. The maximum atomic E-state index is 13.4. The van der Waals surface area contributed by atoms with Gasteiger partial charge in [0.2, 0.25) is 5.91 Å². The largest absolute Gasteiger partial charge is 0.469 e. The van der Waals surface area contributed by atoms with Gasteiger partial charge in [-0.05, 0) is 70.8 Å². The third-order valence-electron chi connectivity index (χ3n) is 6.92. The molecule has 6 rings (SSSR count). The molecule has 2 N–H and O–H groups in total. The molecule has 0 aliphatic carbocycles. The molecule has 206 valence electrons. The molecule has 4 heterocycles. The summed E-state index contributed by atoms with van der Waals surface area (Å²) >= 11 is 6.30. The lowest BCUT2D eigenvalue weighted by atomic mass is 10.0. The van der Waals surface area contributed by atoms with E-state index in [0.29, 0.717) is 35.1 Å². The number of amides is 1. The number of esters is 1. The van der Waals surface area contributed by atoms with E-state index in [-0.39, 0.29) is 18.0 Å². The zero-order valence-electron chi connectivity index (χ0n) is 21.7. The number of hydrogen-bond acceptors (Lipinski definition) is 8. The first-order valence-electron chi connectivity index (χ1n) is 12.7. The number of ether oxygens (including phenoxy) is 1. The minimum absolute atomic E-state index is 0.146. The van der Waals surface area contributed by atoms with Crippen LogP contribution in [0.25, 0.3) is 28.1 Å². The SMILES string of the molecule is COC(=O)CC(=O)Nc1ccc(-c2cnc(C3CCc4cc(-c5cc(Cl)ccc5-n5cnnn5)cc(=O)n43)[nH]2)cc1. The number of hydrogen-bond donors (Lipinski definition) is 2. The molecule has 2 aromatic carbocycles. The van der Waals surface area contributed by atoms with Crippen LogP contribution in [-0.4, -0.2) is 53.7 Å². The van der Waals surface area contributed by atoms with Crippen molar-refractivity contribution in [2.24, 2.45) is 0 Å². The van der Waals surface area contributed by atoms with Crippen LogP contribution in [-0.2, 0) is 20.7 Å². The van der Waals surface area contributed by atoms with Crippen molar-refractivity contribution in [1.29, 1.82) is 0 Å². The first kappa shape index (κ1) is 26.1. The molecule has 12 nitrogen and oxygen atoms in total. The van der Waals surface area contributed by atoms with E-state index in [1.165, 1.54) is 18.1 Å². The smallest absolute Gasteiger partial charge is 0.315 e. The Balaban J connectivity index is 1.24. The minimum Gasteiger partial charge on any atom is -0.469 e. The van der Waals surface area contributed by atoms with Crippen LogP contribution in [0.2, 0.25) is 5.02 Å². The Morgan fingerprint density at radius 3 is 2.71 bits per heavy atom. The summed E-state index contributed by atoms with van der Waals surface area (Å²) in [7, 11) is 1.23. The van der Waals surface area contributed by atoms with Crippen molar-refractivity contribution >= 4 is 29.2 Å². The van der Waals surface area contributed by atoms with E-state index in [1.54, 1.807) is 41.1 Å². The van der Waals surface area contributed by atoms with Crippen molar-refractivity contribution in [3.63, 3.8) is 0 Å². The van der Waals surface area contributed by atoms with Gasteiger partial charge in [-0.3, -0.25) is 14.4 Å². The highest BCUT2D eigenvalue weighted by Gasteiger charge is 2.28. The molecule has 0 saturated carbocycles. The Hall–Kier alpha value is -5.10. The van der Waals surface area contributed by atoms with Crippen LogP contribution in [0.15, 0.2) is 71.9 Å². The Morgan fingerprint density at radius 2 is 1.95 bits per heavy atom. The molecular weight excluding hydrogens is 548 g/mol. The number of carbonyl (C=O) groups is 2. The van der Waals surface area contributed by atoms with Crippen LogP contribution in [0.1, 0.15) is 30.4 Å². The number of H-pyrrole nitrogens is 1. The van der Waals surface area contributed by atoms with Gasteiger partial charge in [-0.1, -0.05) is 23.7 Å². The molecule has 1 amide bonds. The molecule has 1 aliphatic rings. The van der Waals surface area contributed by atoms with Crippen molar-refractivity contribution in [2.75, 3.05) is 12.4 Å². The number of benzene rings is 2. The Labute approximate surface area is 238 Å². The standard InChI is InChI=1S/C28H23ClN8O4/c1-41-27(40)13-25(38)32-19-5-2-16(3-6-19)22-14-30-28(33-22)24-9-7-20-10-17(11-26(39)37(20)24)21-12-18(29)4-8-23(21)36-15-31-34-35-36/h2-6,8,10-12,14-15,24H,7,9,13H2,1H3,(H,30,33)(H,32,38). The number of anilines is 1. The molecule has 1 atom stereocenters. The number of imidazole rings is 1. The van der Waals surface area contributed by atoms with Gasteiger partial charge in [0, 0.05) is 28.0 Å². The van der Waals surface area contributed by atoms with Crippen molar-refractivity contribution in [1.82, 2.24) is 34.7 Å². The highest BCUT2D eigenvalue weighted by atomic mass is 35.5. The second-order valence-corrected chi connectivity index (χ2v) is 9.91. The summed E-state index contributed by atoms with van der Waals surface area (Å²) in [5.41, 5.74) is 5.12. The number of rotatable bonds is 7. The van der Waals surface area contributed by atoms with E-state index in [2.05, 4.69) is 35.5 Å². The van der Waals surface area contributed by atoms with Crippen LogP contribution in [0.3, 0.4) is 0 Å². The van der Waals surface area contributed by atoms with E-state index < -0.39 is 11.9 Å². The molecule has 0 fully saturated rings. The van der Waals surface area contributed by atoms with Gasteiger partial charge in [-0.25, -0.2) is 4.98 Å². The van der Waals surface area contributed by atoms with E-state index in [0.717, 1.165) is 28.1 Å². The van der Waals surface area contributed by atoms with Gasteiger partial charge < -0.3 is 19.6 Å². The summed E-state index contributed by atoms with van der Waals surface area (Å²) < 4.78 is 7.82. The number of aryl methyl sites for hydroxylation is 1. The second-order valence-electron chi connectivity index (χ2n) is 9.47. The first-order chi connectivity index (χ1) is 19.9. The predicted octanol–water partition coefficient (Wildman–Crippen LogP) is 3.57. The molecule has 1 aliphatic heterocycles. The molecule has 0 bridgehead atoms. The summed E-state index contributed by atoms with van der Waals surface area (Å²) in [4.78, 5) is 44.6. The van der Waals surface area contributed by atoms with E-state index >= 15 is 0 Å². The molecule has 13 heteroatoms. The normalized spacial score (nSPS) is 14.0. The van der Waals surface area contributed by atoms with Crippen LogP contribution in [0.5, 0.6) is 0 Å². The number of pyridine rings is 1. The van der Waals surface area contributed by atoms with Crippen molar-refractivity contribution in [3.8, 4) is 28.1 Å². The number of aromatic nitrogens is 7. The van der Waals surface area contributed by atoms with Crippen molar-refractivity contribution in [2.45, 2.75) is 25.3 Å². The minimum atomic E-state index is -0.605. The molecule has 3 aromatic heterocycles. The zero-order chi connectivity index (χ0) is 28.5. The van der Waals surface area contributed by atoms with Gasteiger partial charge in [0.05, 0.1) is 30.7 Å². The quantitative estimate of drug-likeness (QED) is 0.223. The average molecular weight is 571 g/mol. The lowest BCUT2D eigenvalue weighted by Crippen LogP contribution is -2.23. The van der Waals surface area contributed by atoms with E-state index in [4.69, 9.17) is 11.6 Å². The van der Waals surface area contributed by atoms with Crippen molar-refractivity contribution < 1.29 is 14.3 Å².